The summed E-state index contributed by atoms with van der Waals surface area (Å²) < 4.78 is 33.3. The molecule has 6 heteroatoms. The van der Waals surface area contributed by atoms with Gasteiger partial charge < -0.3 is 15.2 Å². The largest absolute Gasteiger partial charge is 0.490 e. The molecule has 0 atom stereocenters. The van der Waals surface area contributed by atoms with E-state index in [9.17, 15) is 8.78 Å². The molecule has 1 aromatic heterocycles. The number of anilines is 1. The van der Waals surface area contributed by atoms with E-state index in [1.807, 2.05) is 0 Å². The zero-order valence-corrected chi connectivity index (χ0v) is 7.54. The van der Waals surface area contributed by atoms with Crippen LogP contribution in [0.2, 0.25) is 0 Å². The Morgan fingerprint density at radius 2 is 2.29 bits per heavy atom. The number of alkyl halides is 2. The van der Waals surface area contributed by atoms with Gasteiger partial charge in [-0.1, -0.05) is 0 Å². The molecule has 0 aliphatic heterocycles. The second-order valence-corrected chi connectivity index (χ2v) is 2.43. The van der Waals surface area contributed by atoms with Crippen LogP contribution in [0.15, 0.2) is 12.3 Å². The number of aromatic nitrogens is 1. The van der Waals surface area contributed by atoms with Crippen molar-refractivity contribution in [2.45, 2.75) is 6.43 Å². The van der Waals surface area contributed by atoms with E-state index in [0.29, 0.717) is 0 Å². The zero-order valence-electron chi connectivity index (χ0n) is 7.54. The number of rotatable bonds is 4. The van der Waals surface area contributed by atoms with E-state index in [2.05, 4.69) is 4.98 Å². The number of hydrogen-bond acceptors (Lipinski definition) is 4. The van der Waals surface area contributed by atoms with E-state index >= 15 is 0 Å². The second-order valence-electron chi connectivity index (χ2n) is 2.43. The maximum Gasteiger partial charge on any atom is 0.272 e. The lowest BCUT2D eigenvalue weighted by Crippen LogP contribution is -2.08. The fourth-order valence-corrected chi connectivity index (χ4v) is 0.917. The van der Waals surface area contributed by atoms with Gasteiger partial charge in [-0.15, -0.1) is 0 Å². The fraction of sp³-hybridized carbons (Fsp3) is 0.375. The normalized spacial score (nSPS) is 10.3. The van der Waals surface area contributed by atoms with Gasteiger partial charge in [0.25, 0.3) is 6.43 Å². The first-order chi connectivity index (χ1) is 6.65. The van der Waals surface area contributed by atoms with E-state index in [1.54, 1.807) is 0 Å². The quantitative estimate of drug-likeness (QED) is 0.803. The van der Waals surface area contributed by atoms with Crippen molar-refractivity contribution in [1.29, 1.82) is 0 Å². The monoisotopic (exact) mass is 204 g/mol. The topological polar surface area (TPSA) is 57.4 Å². The number of nitrogens with two attached hydrogens (primary N) is 1. The molecule has 1 aromatic rings. The lowest BCUT2D eigenvalue weighted by atomic mass is 10.4. The summed E-state index contributed by atoms with van der Waals surface area (Å²) in [5, 5.41) is 0. The minimum atomic E-state index is -2.53. The van der Waals surface area contributed by atoms with Crippen LogP contribution in [-0.4, -0.2) is 25.1 Å². The zero-order chi connectivity index (χ0) is 10.6. The average Bonchev–Trinajstić information content (AvgIpc) is 2.14. The molecular weight excluding hydrogens is 194 g/mol. The third-order valence-corrected chi connectivity index (χ3v) is 1.46. The minimum absolute atomic E-state index is 0.110. The van der Waals surface area contributed by atoms with E-state index in [-0.39, 0.29) is 17.3 Å². The van der Waals surface area contributed by atoms with Crippen LogP contribution in [0, 0.1) is 0 Å². The number of nitrogens with zero attached hydrogens (tertiary/aromatic N) is 1. The molecule has 14 heavy (non-hydrogen) atoms. The van der Waals surface area contributed by atoms with Crippen molar-refractivity contribution in [2.24, 2.45) is 0 Å². The van der Waals surface area contributed by atoms with Gasteiger partial charge in [0, 0.05) is 12.3 Å². The molecule has 0 aliphatic rings. The van der Waals surface area contributed by atoms with Crippen LogP contribution < -0.4 is 15.2 Å². The SMILES string of the molecule is COc1c(OCC(F)F)ccnc1N. The molecule has 2 N–H and O–H groups in total. The molecule has 78 valence electrons. The number of nitrogen functional groups attached to an aromatic ring is 1. The molecule has 0 spiro atoms. The van der Waals surface area contributed by atoms with Gasteiger partial charge in [0.15, 0.2) is 11.6 Å². The number of hydrogen-bond donors (Lipinski definition) is 1. The van der Waals surface area contributed by atoms with E-state index in [4.69, 9.17) is 15.2 Å². The molecule has 4 nitrogen and oxygen atoms in total. The average molecular weight is 204 g/mol. The number of halogens is 2. The Balaban J connectivity index is 2.80. The Labute approximate surface area is 79.6 Å². The highest BCUT2D eigenvalue weighted by Crippen LogP contribution is 2.30. The van der Waals surface area contributed by atoms with Crippen molar-refractivity contribution in [3.63, 3.8) is 0 Å². The smallest absolute Gasteiger partial charge is 0.272 e. The van der Waals surface area contributed by atoms with Crippen molar-refractivity contribution in [3.8, 4) is 11.5 Å². The van der Waals surface area contributed by atoms with Gasteiger partial charge in [-0.2, -0.15) is 0 Å². The summed E-state index contributed by atoms with van der Waals surface area (Å²) in [7, 11) is 1.36. The number of ether oxygens (including phenoxy) is 2. The predicted molar refractivity (Wildman–Crippen MR) is 46.7 cm³/mol. The van der Waals surface area contributed by atoms with E-state index < -0.39 is 13.0 Å². The van der Waals surface area contributed by atoms with Gasteiger partial charge >= 0.3 is 0 Å². The summed E-state index contributed by atoms with van der Waals surface area (Å²) in [6.07, 6.45) is -1.17. The maximum absolute atomic E-state index is 11.8. The van der Waals surface area contributed by atoms with Gasteiger partial charge in [-0.25, -0.2) is 13.8 Å². The molecular formula is C8H10F2N2O2. The first-order valence-corrected chi connectivity index (χ1v) is 3.84. The Hall–Kier alpha value is -1.59. The summed E-state index contributed by atoms with van der Waals surface area (Å²) in [5.74, 6) is 0.452. The maximum atomic E-state index is 11.8. The van der Waals surface area contributed by atoms with Crippen LogP contribution in [0.5, 0.6) is 11.5 Å². The molecule has 1 rings (SSSR count). The highest BCUT2D eigenvalue weighted by molar-refractivity contribution is 5.54. The highest BCUT2D eigenvalue weighted by atomic mass is 19.3. The predicted octanol–water partition coefficient (Wildman–Crippen LogP) is 1.32. The Morgan fingerprint density at radius 1 is 1.57 bits per heavy atom. The van der Waals surface area contributed by atoms with Gasteiger partial charge in [-0.3, -0.25) is 0 Å². The number of pyridine rings is 1. The van der Waals surface area contributed by atoms with Crippen LogP contribution >= 0.6 is 0 Å². The summed E-state index contributed by atoms with van der Waals surface area (Å²) in [5.41, 5.74) is 5.43. The first kappa shape index (κ1) is 10.5. The third kappa shape index (κ3) is 2.45. The summed E-state index contributed by atoms with van der Waals surface area (Å²) in [4.78, 5) is 3.72. The molecule has 0 aromatic carbocycles. The van der Waals surface area contributed by atoms with Crippen molar-refractivity contribution in [2.75, 3.05) is 19.5 Å². The van der Waals surface area contributed by atoms with Crippen LogP contribution in [0.3, 0.4) is 0 Å². The van der Waals surface area contributed by atoms with Crippen LogP contribution in [0.25, 0.3) is 0 Å². The number of methoxy groups -OCH3 is 1. The van der Waals surface area contributed by atoms with Gasteiger partial charge in [0.05, 0.1) is 7.11 Å². The molecule has 0 saturated carbocycles. The Kier molecular flexibility index (Phi) is 3.44. The lowest BCUT2D eigenvalue weighted by molar-refractivity contribution is 0.0804. The molecule has 0 radical (unpaired) electrons. The molecule has 1 heterocycles. The minimum Gasteiger partial charge on any atom is -0.490 e. The Morgan fingerprint density at radius 3 is 2.86 bits per heavy atom. The molecule has 0 bridgehead atoms. The molecule has 0 aliphatic carbocycles. The lowest BCUT2D eigenvalue weighted by Gasteiger charge is -2.10. The van der Waals surface area contributed by atoms with Crippen LogP contribution in [0.1, 0.15) is 0 Å². The summed E-state index contributed by atoms with van der Waals surface area (Å²) >= 11 is 0. The van der Waals surface area contributed by atoms with Crippen LogP contribution in [-0.2, 0) is 0 Å². The highest BCUT2D eigenvalue weighted by Gasteiger charge is 2.11. The van der Waals surface area contributed by atoms with E-state index in [0.717, 1.165) is 0 Å². The van der Waals surface area contributed by atoms with Crippen molar-refractivity contribution in [1.82, 2.24) is 4.98 Å². The summed E-state index contributed by atoms with van der Waals surface area (Å²) in [6, 6.07) is 1.41. The van der Waals surface area contributed by atoms with Crippen molar-refractivity contribution < 1.29 is 18.3 Å². The molecule has 0 fully saturated rings. The van der Waals surface area contributed by atoms with Gasteiger partial charge in [0.1, 0.15) is 6.61 Å². The molecule has 0 unspecified atom stereocenters. The Bertz CT molecular complexity index is 307. The fourth-order valence-electron chi connectivity index (χ4n) is 0.917. The third-order valence-electron chi connectivity index (χ3n) is 1.46. The second kappa shape index (κ2) is 4.59. The van der Waals surface area contributed by atoms with Crippen LogP contribution in [0.4, 0.5) is 14.6 Å². The summed E-state index contributed by atoms with van der Waals surface area (Å²) in [6.45, 7) is -0.695. The standard InChI is InChI=1S/C8H10F2N2O2/c1-13-7-5(14-4-6(9)10)2-3-12-8(7)11/h2-3,6H,4H2,1H3,(H2,11,12). The van der Waals surface area contributed by atoms with E-state index in [1.165, 1.54) is 19.4 Å². The van der Waals surface area contributed by atoms with Crippen molar-refractivity contribution in [3.05, 3.63) is 12.3 Å². The molecule has 0 amide bonds. The van der Waals surface area contributed by atoms with Crippen molar-refractivity contribution >= 4 is 5.82 Å². The van der Waals surface area contributed by atoms with Gasteiger partial charge in [-0.05, 0) is 0 Å². The molecule has 0 saturated heterocycles. The van der Waals surface area contributed by atoms with Gasteiger partial charge in [0.2, 0.25) is 5.75 Å². The first-order valence-electron chi connectivity index (χ1n) is 3.84.